The average Bonchev–Trinajstić information content (AvgIpc) is 3.34. The van der Waals surface area contributed by atoms with E-state index < -0.39 is 5.25 Å². The van der Waals surface area contributed by atoms with E-state index >= 15 is 0 Å². The number of carbonyl (C=O) groups is 3. The Bertz CT molecular complexity index is 1450. The van der Waals surface area contributed by atoms with Gasteiger partial charge in [0.05, 0.1) is 16.0 Å². The van der Waals surface area contributed by atoms with Crippen molar-refractivity contribution in [3.05, 3.63) is 58.6 Å². The zero-order chi connectivity index (χ0) is 32.6. The van der Waals surface area contributed by atoms with Crippen LogP contribution in [0.4, 0.5) is 16.2 Å². The zero-order valence-electron chi connectivity index (χ0n) is 27.5. The van der Waals surface area contributed by atoms with Gasteiger partial charge in [-0.05, 0) is 49.4 Å². The second kappa shape index (κ2) is 13.6. The van der Waals surface area contributed by atoms with Crippen LogP contribution in [0.1, 0.15) is 63.0 Å². The molecule has 4 aliphatic rings. The van der Waals surface area contributed by atoms with E-state index in [1.165, 1.54) is 0 Å². The molecule has 4 heterocycles. The van der Waals surface area contributed by atoms with Crippen molar-refractivity contribution in [1.82, 2.24) is 19.6 Å². The predicted molar refractivity (Wildman–Crippen MR) is 186 cm³/mol. The van der Waals surface area contributed by atoms with Crippen molar-refractivity contribution in [1.29, 1.82) is 0 Å². The second-order valence-corrected chi connectivity index (χ2v) is 16.0. The molecule has 2 unspecified atom stereocenters. The van der Waals surface area contributed by atoms with Crippen LogP contribution in [-0.4, -0.2) is 102 Å². The lowest BCUT2D eigenvalue weighted by molar-refractivity contribution is -0.137. The van der Waals surface area contributed by atoms with E-state index in [-0.39, 0.29) is 41.1 Å². The molecule has 46 heavy (non-hydrogen) atoms. The molecule has 0 aromatic heterocycles. The Morgan fingerprint density at radius 3 is 2.41 bits per heavy atom. The van der Waals surface area contributed by atoms with Gasteiger partial charge >= 0.3 is 6.03 Å². The van der Waals surface area contributed by atoms with Gasteiger partial charge in [0.15, 0.2) is 0 Å². The molecule has 3 saturated heterocycles. The average molecular weight is 667 g/mol. The third kappa shape index (κ3) is 7.14. The van der Waals surface area contributed by atoms with E-state index in [1.54, 1.807) is 11.8 Å². The number of fused-ring (bicyclic) bond motifs is 1. The highest BCUT2D eigenvalue weighted by molar-refractivity contribution is 8.01. The fourth-order valence-electron chi connectivity index (χ4n) is 6.97. The summed E-state index contributed by atoms with van der Waals surface area (Å²) in [5.41, 5.74) is 4.12. The molecule has 3 fully saturated rings. The number of carbonyl (C=O) groups excluding carboxylic acids is 3. The Hall–Kier alpha value is -2.95. The molecule has 6 rings (SSSR count). The van der Waals surface area contributed by atoms with Crippen LogP contribution in [0, 0.1) is 5.41 Å². The predicted octanol–water partition coefficient (Wildman–Crippen LogP) is 5.90. The van der Waals surface area contributed by atoms with Crippen molar-refractivity contribution in [3.8, 4) is 0 Å². The maximum atomic E-state index is 14.1. The Morgan fingerprint density at radius 1 is 0.978 bits per heavy atom. The molecule has 2 aromatic carbocycles. The molecular weight excluding hydrogens is 620 g/mol. The molecule has 0 spiro atoms. The van der Waals surface area contributed by atoms with Crippen LogP contribution in [-0.2, 0) is 16.1 Å². The molecule has 9 nitrogen and oxygen atoms in total. The first-order valence-electron chi connectivity index (χ1n) is 16.6. The number of rotatable bonds is 7. The highest BCUT2D eigenvalue weighted by atomic mass is 35.5. The molecule has 0 bridgehead atoms. The molecule has 2 aromatic rings. The SMILES string of the molecule is CN1CCN(c2c(Cl)cccc2C2SC(CC(=O)N3CCC(N4Cc5ccccc5NC4=O)CC3)C(=O)N2CCC(C)(C)C)CC1. The summed E-state index contributed by atoms with van der Waals surface area (Å²) in [7, 11) is 2.14. The van der Waals surface area contributed by atoms with Gasteiger partial charge in [0.1, 0.15) is 5.37 Å². The van der Waals surface area contributed by atoms with Gasteiger partial charge in [-0.1, -0.05) is 62.7 Å². The molecule has 2 atom stereocenters. The number of benzene rings is 2. The summed E-state index contributed by atoms with van der Waals surface area (Å²) in [5, 5.41) is 3.07. The van der Waals surface area contributed by atoms with Crippen LogP contribution >= 0.6 is 23.4 Å². The van der Waals surface area contributed by atoms with Gasteiger partial charge in [-0.25, -0.2) is 4.79 Å². The highest BCUT2D eigenvalue weighted by Gasteiger charge is 2.44. The molecule has 4 amide bonds. The lowest BCUT2D eigenvalue weighted by Gasteiger charge is -2.40. The van der Waals surface area contributed by atoms with Crippen LogP contribution < -0.4 is 10.2 Å². The van der Waals surface area contributed by atoms with Gasteiger partial charge in [-0.3, -0.25) is 9.59 Å². The number of piperidine rings is 1. The Balaban J connectivity index is 1.14. The summed E-state index contributed by atoms with van der Waals surface area (Å²) in [6, 6.07) is 13.9. The number of urea groups is 1. The molecule has 1 N–H and O–H groups in total. The van der Waals surface area contributed by atoms with Crippen molar-refractivity contribution in [3.63, 3.8) is 0 Å². The quantitative estimate of drug-likeness (QED) is 0.397. The maximum Gasteiger partial charge on any atom is 0.322 e. The van der Waals surface area contributed by atoms with Gasteiger partial charge in [-0.2, -0.15) is 0 Å². The number of thioether (sulfide) groups is 1. The number of hydrogen-bond donors (Lipinski definition) is 1. The minimum atomic E-state index is -0.445. The Labute approximate surface area is 282 Å². The van der Waals surface area contributed by atoms with Gasteiger partial charge in [-0.15, -0.1) is 11.8 Å². The van der Waals surface area contributed by atoms with Crippen molar-refractivity contribution < 1.29 is 14.4 Å². The van der Waals surface area contributed by atoms with E-state index in [2.05, 4.69) is 49.0 Å². The second-order valence-electron chi connectivity index (χ2n) is 14.3. The van der Waals surface area contributed by atoms with Crippen LogP contribution in [0.3, 0.4) is 0 Å². The highest BCUT2D eigenvalue weighted by Crippen LogP contribution is 2.49. The normalized spacial score (nSPS) is 23.2. The van der Waals surface area contributed by atoms with E-state index in [1.807, 2.05) is 51.1 Å². The summed E-state index contributed by atoms with van der Waals surface area (Å²) in [6.07, 6.45) is 2.50. The molecule has 0 saturated carbocycles. The Kier molecular flexibility index (Phi) is 9.78. The summed E-state index contributed by atoms with van der Waals surface area (Å²) in [4.78, 5) is 51.1. The third-order valence-electron chi connectivity index (χ3n) is 9.82. The topological polar surface area (TPSA) is 79.4 Å². The van der Waals surface area contributed by atoms with Crippen LogP contribution in [0.5, 0.6) is 0 Å². The van der Waals surface area contributed by atoms with Crippen molar-refractivity contribution in [2.24, 2.45) is 5.41 Å². The number of amides is 4. The number of hydrogen-bond acceptors (Lipinski definition) is 6. The zero-order valence-corrected chi connectivity index (χ0v) is 29.1. The van der Waals surface area contributed by atoms with Gasteiger partial charge in [0.2, 0.25) is 11.8 Å². The molecule has 0 radical (unpaired) electrons. The molecule has 4 aliphatic heterocycles. The molecule has 248 valence electrons. The monoisotopic (exact) mass is 666 g/mol. The lowest BCUT2D eigenvalue weighted by Crippen LogP contribution is -2.51. The number of piperazine rings is 1. The van der Waals surface area contributed by atoms with E-state index in [0.717, 1.165) is 67.9 Å². The lowest BCUT2D eigenvalue weighted by atomic mass is 9.92. The Morgan fingerprint density at radius 2 is 1.70 bits per heavy atom. The van der Waals surface area contributed by atoms with Crippen LogP contribution in [0.2, 0.25) is 5.02 Å². The number of nitrogens with one attached hydrogen (secondary N) is 1. The van der Waals surface area contributed by atoms with E-state index in [0.29, 0.717) is 31.2 Å². The summed E-state index contributed by atoms with van der Waals surface area (Å²) < 4.78 is 0. The summed E-state index contributed by atoms with van der Waals surface area (Å²) >= 11 is 8.48. The van der Waals surface area contributed by atoms with E-state index in [9.17, 15) is 14.4 Å². The standard InChI is InChI=1S/C35H47ClN6O3S/c1-35(2,3)14-17-41-32(44)29(46-33(41)26-9-7-10-27(36)31(26)40-20-18-38(4)19-21-40)22-30(43)39-15-12-25(13-16-39)42-23-24-8-5-6-11-28(24)37-34(42)45/h5-11,25,29,33H,12-23H2,1-4H3,(H,37,45). The van der Waals surface area contributed by atoms with Gasteiger partial charge in [0, 0.05) is 76.1 Å². The smallest absolute Gasteiger partial charge is 0.322 e. The molecular formula is C35H47ClN6O3S. The number of likely N-dealkylation sites (N-methyl/N-ethyl adjacent to an activating group) is 1. The molecule has 0 aliphatic carbocycles. The first kappa shape index (κ1) is 33.0. The van der Waals surface area contributed by atoms with E-state index in [4.69, 9.17) is 11.6 Å². The minimum absolute atomic E-state index is 0.0135. The van der Waals surface area contributed by atoms with Crippen molar-refractivity contribution in [2.75, 3.05) is 63.1 Å². The maximum absolute atomic E-state index is 14.1. The minimum Gasteiger partial charge on any atom is -0.367 e. The number of likely N-dealkylation sites (tertiary alicyclic amines) is 1. The fourth-order valence-corrected chi connectivity index (χ4v) is 8.77. The number of para-hydroxylation sites is 2. The third-order valence-corrected chi connectivity index (χ3v) is 11.6. The first-order chi connectivity index (χ1) is 22.0. The van der Waals surface area contributed by atoms with Crippen LogP contribution in [0.15, 0.2) is 42.5 Å². The van der Waals surface area contributed by atoms with Crippen molar-refractivity contribution in [2.45, 2.75) is 69.7 Å². The van der Waals surface area contributed by atoms with Crippen LogP contribution in [0.25, 0.3) is 0 Å². The molecule has 11 heteroatoms. The number of anilines is 2. The number of halogens is 1. The fraction of sp³-hybridized carbons (Fsp3) is 0.571. The van der Waals surface area contributed by atoms with Gasteiger partial charge in [0.25, 0.3) is 0 Å². The van der Waals surface area contributed by atoms with Gasteiger partial charge < -0.3 is 29.8 Å². The summed E-state index contributed by atoms with van der Waals surface area (Å²) in [6.45, 7) is 12.6. The summed E-state index contributed by atoms with van der Waals surface area (Å²) in [5.74, 6) is 0.0509. The first-order valence-corrected chi connectivity index (χ1v) is 17.9. The van der Waals surface area contributed by atoms with Crippen molar-refractivity contribution >= 4 is 52.6 Å². The number of nitrogens with zero attached hydrogens (tertiary/aromatic N) is 5. The largest absolute Gasteiger partial charge is 0.367 e.